The topological polar surface area (TPSA) is 67.7 Å². The summed E-state index contributed by atoms with van der Waals surface area (Å²) < 4.78 is 7.20. The van der Waals surface area contributed by atoms with Crippen molar-refractivity contribution < 1.29 is 14.3 Å². The van der Waals surface area contributed by atoms with Crippen LogP contribution in [0.3, 0.4) is 0 Å². The monoisotopic (exact) mass is 526 g/mol. The molecule has 0 aliphatic carbocycles. The van der Waals surface area contributed by atoms with E-state index >= 15 is 0 Å². The maximum absolute atomic E-state index is 13.5. The van der Waals surface area contributed by atoms with Crippen LogP contribution in [0.2, 0.25) is 0 Å². The number of aryl methyl sites for hydroxylation is 3. The van der Waals surface area contributed by atoms with Gasteiger partial charge in [0.15, 0.2) is 5.69 Å². The molecule has 1 aliphatic heterocycles. The fourth-order valence-corrected chi connectivity index (χ4v) is 4.91. The van der Waals surface area contributed by atoms with Gasteiger partial charge in [-0.25, -0.2) is 4.68 Å². The van der Waals surface area contributed by atoms with Gasteiger partial charge in [-0.15, -0.1) is 0 Å². The number of anilines is 1. The number of ether oxygens (including phenoxy) is 1. The van der Waals surface area contributed by atoms with Crippen molar-refractivity contribution in [1.82, 2.24) is 14.7 Å². The van der Waals surface area contributed by atoms with E-state index in [-0.39, 0.29) is 11.8 Å². The molecule has 7 nitrogen and oxygen atoms in total. The normalized spacial score (nSPS) is 13.8. The van der Waals surface area contributed by atoms with Crippen molar-refractivity contribution in [2.45, 2.75) is 40.0 Å². The summed E-state index contributed by atoms with van der Waals surface area (Å²) in [6.07, 6.45) is 6.34. The van der Waals surface area contributed by atoms with Gasteiger partial charge in [0.2, 0.25) is 0 Å². The van der Waals surface area contributed by atoms with Gasteiger partial charge in [0.05, 0.1) is 18.9 Å². The minimum absolute atomic E-state index is 0.0232. The van der Waals surface area contributed by atoms with Gasteiger partial charge < -0.3 is 14.5 Å². The third kappa shape index (κ3) is 6.04. The third-order valence-corrected chi connectivity index (χ3v) is 7.24. The van der Waals surface area contributed by atoms with E-state index in [1.807, 2.05) is 16.8 Å². The Morgan fingerprint density at radius 1 is 0.949 bits per heavy atom. The second kappa shape index (κ2) is 12.7. The summed E-state index contributed by atoms with van der Waals surface area (Å²) in [4.78, 5) is 29.7. The number of benzene rings is 2. The molecule has 2 amide bonds. The van der Waals surface area contributed by atoms with Gasteiger partial charge >= 0.3 is 0 Å². The highest BCUT2D eigenvalue weighted by Crippen LogP contribution is 2.25. The number of allylic oxidation sites excluding steroid dienone is 2. The Hall–Kier alpha value is -3.97. The summed E-state index contributed by atoms with van der Waals surface area (Å²) in [7, 11) is 1.73. The van der Waals surface area contributed by atoms with Crippen LogP contribution in [0.15, 0.2) is 67.3 Å². The molecule has 204 valence electrons. The van der Waals surface area contributed by atoms with Crippen molar-refractivity contribution in [2.24, 2.45) is 0 Å². The highest BCUT2D eigenvalue weighted by molar-refractivity contribution is 6.05. The Balaban J connectivity index is 1.59. The zero-order valence-corrected chi connectivity index (χ0v) is 23.4. The Morgan fingerprint density at radius 2 is 1.62 bits per heavy atom. The Labute approximate surface area is 231 Å². The molecule has 0 radical (unpaired) electrons. The lowest BCUT2D eigenvalue weighted by Gasteiger charge is -2.27. The highest BCUT2D eigenvalue weighted by Gasteiger charge is 2.22. The molecule has 1 saturated heterocycles. The summed E-state index contributed by atoms with van der Waals surface area (Å²) in [5.41, 5.74) is 7.14. The molecule has 0 bridgehead atoms. The third-order valence-electron chi connectivity index (χ3n) is 7.24. The van der Waals surface area contributed by atoms with E-state index < -0.39 is 0 Å². The zero-order valence-electron chi connectivity index (χ0n) is 23.4. The molecular formula is C32H38N4O3. The Bertz CT molecular complexity index is 1360. The van der Waals surface area contributed by atoms with Crippen LogP contribution in [0.25, 0.3) is 5.70 Å². The Kier molecular flexibility index (Phi) is 9.15. The number of hydrogen-bond acceptors (Lipinski definition) is 4. The van der Waals surface area contributed by atoms with Crippen molar-refractivity contribution in [3.05, 3.63) is 101 Å². The van der Waals surface area contributed by atoms with Gasteiger partial charge in [-0.1, -0.05) is 45.6 Å². The molecule has 0 N–H and O–H groups in total. The number of morpholine rings is 1. The minimum Gasteiger partial charge on any atom is -0.378 e. The predicted octanol–water partition coefficient (Wildman–Crippen LogP) is 5.39. The fourth-order valence-electron chi connectivity index (χ4n) is 4.91. The van der Waals surface area contributed by atoms with Crippen LogP contribution in [0.5, 0.6) is 0 Å². The maximum atomic E-state index is 13.5. The van der Waals surface area contributed by atoms with Crippen LogP contribution in [0.4, 0.5) is 5.69 Å². The van der Waals surface area contributed by atoms with Crippen LogP contribution < -0.4 is 4.90 Å². The van der Waals surface area contributed by atoms with Crippen molar-refractivity contribution in [1.29, 1.82) is 0 Å². The first kappa shape index (κ1) is 28.0. The summed E-state index contributed by atoms with van der Waals surface area (Å²) >= 11 is 0. The molecule has 1 aliphatic rings. The quantitative estimate of drug-likeness (QED) is 0.351. The van der Waals surface area contributed by atoms with E-state index in [9.17, 15) is 9.59 Å². The number of aromatic nitrogens is 2. The number of hydrogen-bond donors (Lipinski definition) is 0. The molecule has 0 saturated carbocycles. The first-order valence-electron chi connectivity index (χ1n) is 13.7. The van der Waals surface area contributed by atoms with Gasteiger partial charge in [0.1, 0.15) is 0 Å². The second-order valence-corrected chi connectivity index (χ2v) is 9.58. The fraction of sp³-hybridized carbons (Fsp3) is 0.344. The molecule has 1 aromatic heterocycles. The van der Waals surface area contributed by atoms with Crippen LogP contribution in [0, 0.1) is 0 Å². The SMILES string of the molecule is C=C/C=C(/c1ccc(CC)c(CC)c1)n1nc(C(=O)N(C)c2ccc(C(=O)N3CCOCC3)cc2)cc1CC. The number of amides is 2. The van der Waals surface area contributed by atoms with Crippen LogP contribution in [0.1, 0.15) is 64.0 Å². The summed E-state index contributed by atoms with van der Waals surface area (Å²) in [5, 5.41) is 4.76. The predicted molar refractivity (Wildman–Crippen MR) is 156 cm³/mol. The van der Waals surface area contributed by atoms with Gasteiger partial charge in [0, 0.05) is 42.6 Å². The van der Waals surface area contributed by atoms with Crippen LogP contribution in [-0.2, 0) is 24.0 Å². The van der Waals surface area contributed by atoms with Crippen molar-refractivity contribution in [2.75, 3.05) is 38.3 Å². The van der Waals surface area contributed by atoms with Crippen LogP contribution in [-0.4, -0.2) is 59.8 Å². The molecule has 2 aromatic carbocycles. The average molecular weight is 527 g/mol. The lowest BCUT2D eigenvalue weighted by Crippen LogP contribution is -2.40. The van der Waals surface area contributed by atoms with Gasteiger partial charge in [-0.2, -0.15) is 5.10 Å². The zero-order chi connectivity index (χ0) is 27.9. The standard InChI is InChI=1S/C32H38N4O3/c1-6-10-30(26-12-11-23(7-2)24(8-3)21-26)36-27(9-4)22-29(33-36)32(38)34(5)28-15-13-25(14-16-28)31(37)35-17-19-39-20-18-35/h6,10-16,21-22H,1,7-9,17-20H2,2-5H3/b30-10-. The van der Waals surface area contributed by atoms with Crippen molar-refractivity contribution in [3.8, 4) is 0 Å². The molecular weight excluding hydrogens is 488 g/mol. The second-order valence-electron chi connectivity index (χ2n) is 9.58. The van der Waals surface area contributed by atoms with E-state index in [0.29, 0.717) is 49.7 Å². The molecule has 0 atom stereocenters. The first-order valence-corrected chi connectivity index (χ1v) is 13.7. The van der Waals surface area contributed by atoms with E-state index in [1.165, 1.54) is 11.1 Å². The molecule has 7 heteroatoms. The first-order chi connectivity index (χ1) is 18.9. The molecule has 1 fully saturated rings. The van der Waals surface area contributed by atoms with E-state index in [0.717, 1.165) is 29.8 Å². The van der Waals surface area contributed by atoms with Crippen molar-refractivity contribution >= 4 is 23.2 Å². The van der Waals surface area contributed by atoms with Crippen molar-refractivity contribution in [3.63, 3.8) is 0 Å². The lowest BCUT2D eigenvalue weighted by molar-refractivity contribution is 0.0303. The number of carbonyl (C=O) groups is 2. The smallest absolute Gasteiger partial charge is 0.278 e. The van der Waals surface area contributed by atoms with Gasteiger partial charge in [-0.05, 0) is 72.9 Å². The van der Waals surface area contributed by atoms with Gasteiger partial charge in [-0.3, -0.25) is 9.59 Å². The summed E-state index contributed by atoms with van der Waals surface area (Å²) in [6, 6.07) is 15.5. The summed E-state index contributed by atoms with van der Waals surface area (Å²) in [6.45, 7) is 12.6. The molecule has 2 heterocycles. The number of carbonyl (C=O) groups excluding carboxylic acids is 2. The number of rotatable bonds is 9. The van der Waals surface area contributed by atoms with E-state index in [4.69, 9.17) is 9.84 Å². The molecule has 3 aromatic rings. The molecule has 0 spiro atoms. The number of nitrogens with zero attached hydrogens (tertiary/aromatic N) is 4. The van der Waals surface area contributed by atoms with E-state index in [2.05, 4.69) is 45.5 Å². The average Bonchev–Trinajstić information content (AvgIpc) is 3.43. The van der Waals surface area contributed by atoms with E-state index in [1.54, 1.807) is 47.2 Å². The summed E-state index contributed by atoms with van der Waals surface area (Å²) in [5.74, 6) is -0.242. The molecule has 39 heavy (non-hydrogen) atoms. The molecule has 4 rings (SSSR count). The molecule has 0 unspecified atom stereocenters. The Morgan fingerprint density at radius 3 is 2.23 bits per heavy atom. The highest BCUT2D eigenvalue weighted by atomic mass is 16.5. The maximum Gasteiger partial charge on any atom is 0.278 e. The largest absolute Gasteiger partial charge is 0.378 e. The lowest BCUT2D eigenvalue weighted by atomic mass is 9.98. The minimum atomic E-state index is -0.218. The van der Waals surface area contributed by atoms with Crippen LogP contribution >= 0.6 is 0 Å². The van der Waals surface area contributed by atoms with Gasteiger partial charge in [0.25, 0.3) is 11.8 Å².